The number of hydrogen-bond acceptors (Lipinski definition) is 3. The molecule has 0 bridgehead atoms. The molecule has 0 saturated carbocycles. The van der Waals surface area contributed by atoms with Gasteiger partial charge in [0.05, 0.1) is 4.99 Å². The van der Waals surface area contributed by atoms with Crippen LogP contribution >= 0.6 is 12.2 Å². The van der Waals surface area contributed by atoms with E-state index in [1.807, 2.05) is 0 Å². The summed E-state index contributed by atoms with van der Waals surface area (Å²) in [4.78, 5) is 5.55. The highest BCUT2D eigenvalue weighted by Crippen LogP contribution is 2.19. The maximum atomic E-state index is 5.63. The number of hydrogen-bond donors (Lipinski definition) is 1. The van der Waals surface area contributed by atoms with Crippen molar-refractivity contribution in [1.29, 1.82) is 0 Å². The Morgan fingerprint density at radius 3 is 2.58 bits per heavy atom. The summed E-state index contributed by atoms with van der Waals surface area (Å²) in [5.41, 5.74) is 8.29. The van der Waals surface area contributed by atoms with Crippen molar-refractivity contribution >= 4 is 22.9 Å². The van der Waals surface area contributed by atoms with Crippen LogP contribution in [-0.4, -0.2) is 42.1 Å². The number of aryl methyl sites for hydroxylation is 1. The smallest absolute Gasteiger partial charge is 0.0742 e. The topological polar surface area (TPSA) is 32.5 Å². The van der Waals surface area contributed by atoms with Gasteiger partial charge in [0.25, 0.3) is 0 Å². The maximum absolute atomic E-state index is 5.63. The third-order valence-corrected chi connectivity index (χ3v) is 3.97. The van der Waals surface area contributed by atoms with Gasteiger partial charge in [0, 0.05) is 44.3 Å². The van der Waals surface area contributed by atoms with Gasteiger partial charge in [0.15, 0.2) is 0 Å². The summed E-state index contributed by atoms with van der Waals surface area (Å²) in [6, 6.07) is 9.18. The summed E-state index contributed by atoms with van der Waals surface area (Å²) >= 11 is 5.00. The lowest BCUT2D eigenvalue weighted by molar-refractivity contribution is 0.201. The lowest BCUT2D eigenvalue weighted by atomic mass is 10.1. The van der Waals surface area contributed by atoms with Crippen LogP contribution in [0.2, 0.25) is 0 Å². The molecule has 0 amide bonds. The number of benzene rings is 1. The second-order valence-electron chi connectivity index (χ2n) is 5.38. The van der Waals surface area contributed by atoms with E-state index in [2.05, 4.69) is 47.9 Å². The van der Waals surface area contributed by atoms with Crippen molar-refractivity contribution in [3.8, 4) is 0 Å². The van der Waals surface area contributed by atoms with E-state index in [9.17, 15) is 0 Å². The van der Waals surface area contributed by atoms with Crippen LogP contribution in [0.15, 0.2) is 24.3 Å². The molecule has 2 N–H and O–H groups in total. The van der Waals surface area contributed by atoms with Crippen molar-refractivity contribution in [2.24, 2.45) is 5.73 Å². The number of thiocarbonyl (C=S) groups is 1. The third-order valence-electron chi connectivity index (χ3n) is 3.80. The van der Waals surface area contributed by atoms with Crippen LogP contribution in [0.25, 0.3) is 0 Å². The van der Waals surface area contributed by atoms with Gasteiger partial charge in [-0.25, -0.2) is 0 Å². The molecule has 2 rings (SSSR count). The molecule has 1 aliphatic rings. The van der Waals surface area contributed by atoms with E-state index >= 15 is 0 Å². The molecule has 1 unspecified atom stereocenters. The summed E-state index contributed by atoms with van der Waals surface area (Å²) in [5, 5.41) is 0. The highest BCUT2D eigenvalue weighted by atomic mass is 32.1. The first-order valence-corrected chi connectivity index (χ1v) is 7.31. The summed E-state index contributed by atoms with van der Waals surface area (Å²) in [5.74, 6) is 0. The maximum Gasteiger partial charge on any atom is 0.0742 e. The van der Waals surface area contributed by atoms with Crippen molar-refractivity contribution < 1.29 is 0 Å². The SMILES string of the molecule is Cc1cccc(N2CCN(C(C)CC(N)=S)CC2)c1. The molecule has 1 heterocycles. The lowest BCUT2D eigenvalue weighted by Gasteiger charge is -2.39. The Labute approximate surface area is 121 Å². The van der Waals surface area contributed by atoms with Crippen molar-refractivity contribution in [3.63, 3.8) is 0 Å². The minimum Gasteiger partial charge on any atom is -0.393 e. The van der Waals surface area contributed by atoms with Crippen molar-refractivity contribution in [2.75, 3.05) is 31.1 Å². The zero-order valence-electron chi connectivity index (χ0n) is 11.8. The molecule has 1 saturated heterocycles. The van der Waals surface area contributed by atoms with E-state index in [1.165, 1.54) is 11.3 Å². The molecule has 0 aliphatic carbocycles. The monoisotopic (exact) mass is 277 g/mol. The molecule has 19 heavy (non-hydrogen) atoms. The first-order chi connectivity index (χ1) is 9.06. The molecule has 1 fully saturated rings. The van der Waals surface area contributed by atoms with Crippen LogP contribution in [0.4, 0.5) is 5.69 Å². The Hall–Kier alpha value is -1.13. The number of piperazine rings is 1. The minimum atomic E-state index is 0.456. The van der Waals surface area contributed by atoms with E-state index < -0.39 is 0 Å². The van der Waals surface area contributed by atoms with Crippen LogP contribution in [0, 0.1) is 6.92 Å². The molecule has 1 atom stereocenters. The lowest BCUT2D eigenvalue weighted by Crippen LogP contribution is -2.50. The quantitative estimate of drug-likeness (QED) is 0.855. The zero-order valence-corrected chi connectivity index (χ0v) is 12.6. The van der Waals surface area contributed by atoms with Crippen LogP contribution < -0.4 is 10.6 Å². The fraction of sp³-hybridized carbons (Fsp3) is 0.533. The van der Waals surface area contributed by atoms with Gasteiger partial charge >= 0.3 is 0 Å². The van der Waals surface area contributed by atoms with Gasteiger partial charge in [-0.1, -0.05) is 24.4 Å². The number of nitrogens with zero attached hydrogens (tertiary/aromatic N) is 2. The average molecular weight is 277 g/mol. The molecule has 4 heteroatoms. The van der Waals surface area contributed by atoms with E-state index in [0.29, 0.717) is 11.0 Å². The number of anilines is 1. The molecule has 0 spiro atoms. The van der Waals surface area contributed by atoms with Gasteiger partial charge in [-0.2, -0.15) is 0 Å². The Kier molecular flexibility index (Phi) is 4.77. The highest BCUT2D eigenvalue weighted by molar-refractivity contribution is 7.80. The van der Waals surface area contributed by atoms with Crippen LogP contribution in [-0.2, 0) is 0 Å². The molecular weight excluding hydrogens is 254 g/mol. The molecule has 1 aromatic carbocycles. The molecule has 1 aromatic rings. The normalized spacial score (nSPS) is 18.3. The van der Waals surface area contributed by atoms with Crippen molar-refractivity contribution in [2.45, 2.75) is 26.3 Å². The van der Waals surface area contributed by atoms with Crippen LogP contribution in [0.1, 0.15) is 18.9 Å². The van der Waals surface area contributed by atoms with Crippen molar-refractivity contribution in [1.82, 2.24) is 4.90 Å². The third kappa shape index (κ3) is 3.91. The molecule has 1 aliphatic heterocycles. The second-order valence-corrected chi connectivity index (χ2v) is 5.91. The Balaban J connectivity index is 1.90. The van der Waals surface area contributed by atoms with Gasteiger partial charge in [-0.3, -0.25) is 4.90 Å². The predicted octanol–water partition coefficient (Wildman–Crippen LogP) is 2.18. The van der Waals surface area contributed by atoms with Crippen LogP contribution in [0.5, 0.6) is 0 Å². The van der Waals surface area contributed by atoms with Crippen LogP contribution in [0.3, 0.4) is 0 Å². The largest absolute Gasteiger partial charge is 0.393 e. The minimum absolute atomic E-state index is 0.456. The van der Waals surface area contributed by atoms with E-state index in [1.54, 1.807) is 0 Å². The van der Waals surface area contributed by atoms with Crippen molar-refractivity contribution in [3.05, 3.63) is 29.8 Å². The zero-order chi connectivity index (χ0) is 13.8. The summed E-state index contributed by atoms with van der Waals surface area (Å²) in [6.45, 7) is 8.66. The Morgan fingerprint density at radius 2 is 2.00 bits per heavy atom. The summed E-state index contributed by atoms with van der Waals surface area (Å²) in [7, 11) is 0. The first kappa shape index (κ1) is 14.3. The van der Waals surface area contributed by atoms with Gasteiger partial charge in [-0.05, 0) is 31.5 Å². The molecule has 0 radical (unpaired) electrons. The predicted molar refractivity (Wildman–Crippen MR) is 85.8 cm³/mol. The van der Waals surface area contributed by atoms with Gasteiger partial charge in [0.2, 0.25) is 0 Å². The van der Waals surface area contributed by atoms with E-state index in [0.717, 1.165) is 32.6 Å². The van der Waals surface area contributed by atoms with E-state index in [-0.39, 0.29) is 0 Å². The van der Waals surface area contributed by atoms with E-state index in [4.69, 9.17) is 18.0 Å². The Bertz CT molecular complexity index is 439. The average Bonchev–Trinajstić information content (AvgIpc) is 2.38. The Morgan fingerprint density at radius 1 is 1.32 bits per heavy atom. The highest BCUT2D eigenvalue weighted by Gasteiger charge is 2.21. The second kappa shape index (κ2) is 6.35. The fourth-order valence-corrected chi connectivity index (χ4v) is 2.91. The standard InChI is InChI=1S/C15H23N3S/c1-12-4-3-5-14(10-12)18-8-6-17(7-9-18)13(2)11-15(16)19/h3-5,10,13H,6-9,11H2,1-2H3,(H2,16,19). The number of rotatable bonds is 4. The molecule has 0 aromatic heterocycles. The first-order valence-electron chi connectivity index (χ1n) is 6.90. The number of nitrogens with two attached hydrogens (primary N) is 1. The molecule has 3 nitrogen and oxygen atoms in total. The van der Waals surface area contributed by atoms with Gasteiger partial charge in [-0.15, -0.1) is 0 Å². The summed E-state index contributed by atoms with van der Waals surface area (Å²) < 4.78 is 0. The van der Waals surface area contributed by atoms with Gasteiger partial charge < -0.3 is 10.6 Å². The summed E-state index contributed by atoms with van der Waals surface area (Å²) in [6.07, 6.45) is 0.819. The molecular formula is C15H23N3S. The fourth-order valence-electron chi connectivity index (χ4n) is 2.67. The molecule has 104 valence electrons. The van der Waals surface area contributed by atoms with Gasteiger partial charge in [0.1, 0.15) is 0 Å².